The van der Waals surface area contributed by atoms with E-state index in [2.05, 4.69) is 20.6 Å². The van der Waals surface area contributed by atoms with E-state index in [1.54, 1.807) is 6.07 Å². The number of carbonyl (C=O) groups excluding carboxylic acids is 2. The molecule has 1 atom stereocenters. The molecule has 29 heavy (non-hydrogen) atoms. The molecule has 1 aromatic carbocycles. The van der Waals surface area contributed by atoms with Gasteiger partial charge >= 0.3 is 17.7 Å². The summed E-state index contributed by atoms with van der Waals surface area (Å²) in [5.74, 6) is -2.22. The molecule has 0 radical (unpaired) electrons. The van der Waals surface area contributed by atoms with E-state index < -0.39 is 29.6 Å². The fourth-order valence-electron chi connectivity index (χ4n) is 2.27. The summed E-state index contributed by atoms with van der Waals surface area (Å²) in [5.41, 5.74) is -0.620. The van der Waals surface area contributed by atoms with E-state index in [1.807, 2.05) is 0 Å². The maximum atomic E-state index is 12.6. The molecule has 3 amide bonds. The number of H-pyrrole nitrogens is 1. The maximum Gasteiger partial charge on any atom is 0.346 e. The van der Waals surface area contributed by atoms with Gasteiger partial charge in [0, 0.05) is 32.3 Å². The fraction of sp³-hybridized carbons (Fsp3) is 0.235. The molecule has 1 unspecified atom stereocenters. The first-order chi connectivity index (χ1) is 13.6. The van der Waals surface area contributed by atoms with E-state index in [4.69, 9.17) is 23.2 Å². The number of halogens is 2. The van der Waals surface area contributed by atoms with Crippen LogP contribution in [0.15, 0.2) is 29.2 Å². The van der Waals surface area contributed by atoms with Crippen LogP contribution in [0.3, 0.4) is 0 Å². The van der Waals surface area contributed by atoms with Crippen molar-refractivity contribution in [2.75, 3.05) is 19.4 Å². The van der Waals surface area contributed by atoms with Crippen LogP contribution < -0.4 is 16.3 Å². The number of amides is 3. The van der Waals surface area contributed by atoms with Crippen molar-refractivity contribution in [1.29, 1.82) is 0 Å². The third-order valence-electron chi connectivity index (χ3n) is 3.74. The zero-order chi connectivity index (χ0) is 21.7. The SMILES string of the molecule is CN(C)C(=O)NC(Cc1c[nH]c(=O)nc1NC(=O)c1c(Cl)cccc1Cl)C(=O)O. The number of urea groups is 1. The Bertz CT molecular complexity index is 988. The highest BCUT2D eigenvalue weighted by Gasteiger charge is 2.24. The summed E-state index contributed by atoms with van der Waals surface area (Å²) >= 11 is 12.0. The van der Waals surface area contributed by atoms with Gasteiger partial charge in [-0.15, -0.1) is 0 Å². The number of nitrogens with one attached hydrogen (secondary N) is 3. The number of hydrogen-bond donors (Lipinski definition) is 4. The minimum absolute atomic E-state index is 0.0282. The highest BCUT2D eigenvalue weighted by Crippen LogP contribution is 2.25. The molecule has 1 aromatic heterocycles. The number of nitrogens with zero attached hydrogens (tertiary/aromatic N) is 2. The molecule has 0 aliphatic heterocycles. The molecular weight excluding hydrogens is 425 g/mol. The highest BCUT2D eigenvalue weighted by molar-refractivity contribution is 6.40. The van der Waals surface area contributed by atoms with Gasteiger partial charge in [-0.25, -0.2) is 14.4 Å². The first-order valence-electron chi connectivity index (χ1n) is 8.14. The normalized spacial score (nSPS) is 11.4. The third kappa shape index (κ3) is 5.69. The molecule has 0 fully saturated rings. The van der Waals surface area contributed by atoms with E-state index in [0.29, 0.717) is 0 Å². The number of carbonyl (C=O) groups is 3. The molecule has 4 N–H and O–H groups in total. The average Bonchev–Trinajstić information content (AvgIpc) is 2.62. The number of aromatic nitrogens is 2. The zero-order valence-corrected chi connectivity index (χ0v) is 16.8. The molecule has 0 saturated heterocycles. The van der Waals surface area contributed by atoms with Gasteiger partial charge in [-0.1, -0.05) is 29.3 Å². The molecule has 2 rings (SSSR count). The van der Waals surface area contributed by atoms with E-state index in [1.165, 1.54) is 37.3 Å². The zero-order valence-electron chi connectivity index (χ0n) is 15.3. The van der Waals surface area contributed by atoms with Gasteiger partial charge in [0.25, 0.3) is 5.91 Å². The van der Waals surface area contributed by atoms with Gasteiger partial charge in [-0.3, -0.25) is 4.79 Å². The molecular formula is C17H17Cl2N5O5. The van der Waals surface area contributed by atoms with Gasteiger partial charge in [0.2, 0.25) is 0 Å². The van der Waals surface area contributed by atoms with Gasteiger partial charge in [-0.05, 0) is 12.1 Å². The van der Waals surface area contributed by atoms with Crippen LogP contribution in [0.1, 0.15) is 15.9 Å². The van der Waals surface area contributed by atoms with E-state index in [-0.39, 0.29) is 33.4 Å². The molecule has 1 heterocycles. The monoisotopic (exact) mass is 441 g/mol. The van der Waals surface area contributed by atoms with Crippen molar-refractivity contribution in [1.82, 2.24) is 20.2 Å². The first kappa shape index (κ1) is 22.2. The summed E-state index contributed by atoms with van der Waals surface area (Å²) in [7, 11) is 2.91. The van der Waals surface area contributed by atoms with Crippen LogP contribution in [0.2, 0.25) is 10.0 Å². The van der Waals surface area contributed by atoms with Crippen LogP contribution >= 0.6 is 23.2 Å². The number of anilines is 1. The second-order valence-electron chi connectivity index (χ2n) is 6.07. The number of aliphatic carboxylic acids is 1. The Morgan fingerprint density at radius 2 is 1.86 bits per heavy atom. The number of carboxylic acid groups (broad SMARTS) is 1. The Kier molecular flexibility index (Phi) is 7.18. The smallest absolute Gasteiger partial charge is 0.346 e. The Labute approximate surface area is 174 Å². The summed E-state index contributed by atoms with van der Waals surface area (Å²) in [6.07, 6.45) is 0.946. The Hall–Kier alpha value is -3.11. The van der Waals surface area contributed by atoms with E-state index in [0.717, 1.165) is 0 Å². The topological polar surface area (TPSA) is 144 Å². The number of rotatable bonds is 6. The Morgan fingerprint density at radius 1 is 1.24 bits per heavy atom. The highest BCUT2D eigenvalue weighted by atomic mass is 35.5. The van der Waals surface area contributed by atoms with Gasteiger partial charge in [0.15, 0.2) is 0 Å². The van der Waals surface area contributed by atoms with Crippen LogP contribution in [0.4, 0.5) is 10.6 Å². The fourth-order valence-corrected chi connectivity index (χ4v) is 2.84. The third-order valence-corrected chi connectivity index (χ3v) is 4.37. The molecule has 10 nitrogen and oxygen atoms in total. The molecule has 0 spiro atoms. The van der Waals surface area contributed by atoms with Crippen molar-refractivity contribution in [3.8, 4) is 0 Å². The van der Waals surface area contributed by atoms with Gasteiger partial charge in [0.05, 0.1) is 15.6 Å². The molecule has 154 valence electrons. The standard InChI is InChI=1S/C17H17Cl2N5O5/c1-24(2)17(29)21-11(15(26)27)6-8-7-20-16(28)23-13(8)22-14(25)12-9(18)4-3-5-10(12)19/h3-5,7,11H,6H2,1-2H3,(H,21,29)(H,26,27)(H2,20,22,23,25,28). The van der Waals surface area contributed by atoms with Crippen LogP contribution in [0.25, 0.3) is 0 Å². The van der Waals surface area contributed by atoms with Crippen molar-refractivity contribution >= 4 is 46.9 Å². The predicted octanol–water partition coefficient (Wildman–Crippen LogP) is 1.60. The van der Waals surface area contributed by atoms with Crippen molar-refractivity contribution in [2.45, 2.75) is 12.5 Å². The van der Waals surface area contributed by atoms with E-state index >= 15 is 0 Å². The number of carboxylic acids is 1. The summed E-state index contributed by atoms with van der Waals surface area (Å²) < 4.78 is 0. The lowest BCUT2D eigenvalue weighted by Crippen LogP contribution is -2.46. The molecule has 0 saturated carbocycles. The van der Waals surface area contributed by atoms with Crippen molar-refractivity contribution < 1.29 is 19.5 Å². The summed E-state index contributed by atoms with van der Waals surface area (Å²) in [5, 5.41) is 14.3. The first-order valence-corrected chi connectivity index (χ1v) is 8.90. The Balaban J connectivity index is 2.33. The summed E-state index contributed by atoms with van der Waals surface area (Å²) in [6.45, 7) is 0. The predicted molar refractivity (Wildman–Crippen MR) is 107 cm³/mol. The van der Waals surface area contributed by atoms with Crippen molar-refractivity contribution in [2.24, 2.45) is 0 Å². The van der Waals surface area contributed by atoms with Crippen LogP contribution in [-0.2, 0) is 11.2 Å². The minimum atomic E-state index is -1.34. The molecule has 0 bridgehead atoms. The van der Waals surface area contributed by atoms with E-state index in [9.17, 15) is 24.3 Å². The quantitative estimate of drug-likeness (QED) is 0.535. The minimum Gasteiger partial charge on any atom is -0.480 e. The lowest BCUT2D eigenvalue weighted by atomic mass is 10.1. The molecule has 0 aliphatic carbocycles. The van der Waals surface area contributed by atoms with Crippen LogP contribution in [-0.4, -0.2) is 58.0 Å². The Morgan fingerprint density at radius 3 is 2.41 bits per heavy atom. The number of hydrogen-bond acceptors (Lipinski definition) is 5. The van der Waals surface area contributed by atoms with Gasteiger partial charge in [0.1, 0.15) is 11.9 Å². The van der Waals surface area contributed by atoms with Gasteiger partial charge < -0.3 is 25.6 Å². The van der Waals surface area contributed by atoms with Crippen LogP contribution in [0, 0.1) is 0 Å². The number of aromatic amines is 1. The summed E-state index contributed by atoms with van der Waals surface area (Å²) in [6, 6.07) is 2.53. The largest absolute Gasteiger partial charge is 0.480 e. The summed E-state index contributed by atoms with van der Waals surface area (Å²) in [4.78, 5) is 54.7. The second-order valence-corrected chi connectivity index (χ2v) is 6.88. The molecule has 12 heteroatoms. The second kappa shape index (κ2) is 9.39. The maximum absolute atomic E-state index is 12.6. The lowest BCUT2D eigenvalue weighted by molar-refractivity contribution is -0.139. The lowest BCUT2D eigenvalue weighted by Gasteiger charge is -2.19. The molecule has 0 aliphatic rings. The van der Waals surface area contributed by atoms with Crippen molar-refractivity contribution in [3.63, 3.8) is 0 Å². The number of benzene rings is 1. The average molecular weight is 442 g/mol. The molecule has 2 aromatic rings. The van der Waals surface area contributed by atoms with Crippen LogP contribution in [0.5, 0.6) is 0 Å². The van der Waals surface area contributed by atoms with Gasteiger partial charge in [-0.2, -0.15) is 4.98 Å². The van der Waals surface area contributed by atoms with Crippen molar-refractivity contribution in [3.05, 3.63) is 56.1 Å².